The molecule has 1 aliphatic rings. The predicted molar refractivity (Wildman–Crippen MR) is 144 cm³/mol. The molecule has 0 bridgehead atoms. The molecule has 0 saturated carbocycles. The van der Waals surface area contributed by atoms with Gasteiger partial charge in [0.1, 0.15) is 6.54 Å². The largest absolute Gasteiger partial charge is 0.493 e. The Balaban J connectivity index is 1.54. The number of aromatic nitrogens is 1. The number of pyridine rings is 1. The third-order valence-electron chi connectivity index (χ3n) is 6.85. The lowest BCUT2D eigenvalue weighted by Gasteiger charge is -2.28. The fourth-order valence-electron chi connectivity index (χ4n) is 5.01. The number of hydrogen-bond acceptors (Lipinski definition) is 5. The monoisotopic (exact) mass is 499 g/mol. The number of anilines is 1. The van der Waals surface area contributed by atoms with Gasteiger partial charge in [-0.3, -0.25) is 14.4 Å². The van der Waals surface area contributed by atoms with Gasteiger partial charge < -0.3 is 24.3 Å². The van der Waals surface area contributed by atoms with Gasteiger partial charge in [-0.2, -0.15) is 0 Å². The molecule has 2 amide bonds. The maximum Gasteiger partial charge on any atom is 0.256 e. The van der Waals surface area contributed by atoms with Gasteiger partial charge in [0.15, 0.2) is 16.9 Å². The molecule has 0 aliphatic carbocycles. The average molecular weight is 500 g/mol. The zero-order valence-corrected chi connectivity index (χ0v) is 21.0. The van der Waals surface area contributed by atoms with E-state index >= 15 is 0 Å². The van der Waals surface area contributed by atoms with Gasteiger partial charge in [0.25, 0.3) is 5.91 Å². The molecule has 4 aromatic rings. The summed E-state index contributed by atoms with van der Waals surface area (Å²) in [5.74, 6) is 0.333. The number of carbonyl (C=O) groups excluding carboxylic acids is 2. The smallest absolute Gasteiger partial charge is 0.256 e. The topological polar surface area (TPSA) is 89.9 Å². The number of likely N-dealkylation sites (tertiary alicyclic amines) is 1. The number of methoxy groups -OCH3 is 2. The van der Waals surface area contributed by atoms with Gasteiger partial charge in [-0.05, 0) is 49.6 Å². The van der Waals surface area contributed by atoms with E-state index in [0.29, 0.717) is 57.6 Å². The third-order valence-corrected chi connectivity index (χ3v) is 6.85. The number of para-hydroxylation sites is 2. The molecule has 8 nitrogen and oxygen atoms in total. The van der Waals surface area contributed by atoms with Gasteiger partial charge in [-0.15, -0.1) is 0 Å². The van der Waals surface area contributed by atoms with Crippen molar-refractivity contribution in [1.29, 1.82) is 0 Å². The highest BCUT2D eigenvalue weighted by Crippen LogP contribution is 2.34. The number of nitrogens with one attached hydrogen (secondary N) is 1. The van der Waals surface area contributed by atoms with E-state index in [4.69, 9.17) is 9.47 Å². The van der Waals surface area contributed by atoms with E-state index in [-0.39, 0.29) is 23.8 Å². The molecule has 0 unspecified atom stereocenters. The van der Waals surface area contributed by atoms with Gasteiger partial charge >= 0.3 is 0 Å². The Morgan fingerprint density at radius 3 is 2.00 bits per heavy atom. The Morgan fingerprint density at radius 2 is 1.41 bits per heavy atom. The highest BCUT2D eigenvalue weighted by Gasteiger charge is 2.24. The molecule has 0 atom stereocenters. The molecule has 5 rings (SSSR count). The summed E-state index contributed by atoms with van der Waals surface area (Å²) in [7, 11) is 3.02. The number of nitrogens with zero attached hydrogens (tertiary/aromatic N) is 2. The molecule has 8 heteroatoms. The van der Waals surface area contributed by atoms with E-state index in [1.165, 1.54) is 14.2 Å². The summed E-state index contributed by atoms with van der Waals surface area (Å²) in [4.78, 5) is 41.8. The van der Waals surface area contributed by atoms with Crippen molar-refractivity contribution in [3.05, 3.63) is 76.5 Å². The van der Waals surface area contributed by atoms with E-state index in [1.54, 1.807) is 24.3 Å². The molecule has 0 spiro atoms. The van der Waals surface area contributed by atoms with Gasteiger partial charge in [-0.25, -0.2) is 0 Å². The maximum atomic E-state index is 13.5. The fourth-order valence-corrected chi connectivity index (χ4v) is 5.01. The van der Waals surface area contributed by atoms with Crippen molar-refractivity contribution in [1.82, 2.24) is 9.47 Å². The van der Waals surface area contributed by atoms with Crippen LogP contribution in [0.15, 0.2) is 65.5 Å². The first kappa shape index (κ1) is 24.4. The lowest BCUT2D eigenvalue weighted by Crippen LogP contribution is -2.36. The number of carbonyl (C=O) groups is 2. The van der Waals surface area contributed by atoms with Gasteiger partial charge in [-0.1, -0.05) is 24.3 Å². The SMILES string of the molecule is COc1cc(NC(=O)Cn2c3ccccc3c(=O)c3ccccc32)c(C(=O)N2CCCCC2)cc1OC. The highest BCUT2D eigenvalue weighted by atomic mass is 16.5. The van der Waals surface area contributed by atoms with Gasteiger partial charge in [0.05, 0.1) is 36.5 Å². The summed E-state index contributed by atoms with van der Waals surface area (Å²) in [5.41, 5.74) is 1.96. The number of amides is 2. The number of rotatable bonds is 6. The molecular weight excluding hydrogens is 470 g/mol. The zero-order valence-electron chi connectivity index (χ0n) is 21.0. The van der Waals surface area contributed by atoms with Crippen LogP contribution < -0.4 is 20.2 Å². The van der Waals surface area contributed by atoms with E-state index in [0.717, 1.165) is 19.3 Å². The summed E-state index contributed by atoms with van der Waals surface area (Å²) in [6.45, 7) is 1.30. The van der Waals surface area contributed by atoms with Crippen LogP contribution in [-0.4, -0.2) is 48.6 Å². The van der Waals surface area contributed by atoms with E-state index in [1.807, 2.05) is 45.9 Å². The Morgan fingerprint density at radius 1 is 0.838 bits per heavy atom. The quantitative estimate of drug-likeness (QED) is 0.396. The maximum absolute atomic E-state index is 13.5. The zero-order chi connectivity index (χ0) is 25.9. The molecular formula is C29H29N3O5. The first-order chi connectivity index (χ1) is 18.0. The van der Waals surface area contributed by atoms with Crippen molar-refractivity contribution in [2.75, 3.05) is 32.6 Å². The van der Waals surface area contributed by atoms with Crippen LogP contribution in [0, 0.1) is 0 Å². The van der Waals surface area contributed by atoms with Crippen molar-refractivity contribution in [2.45, 2.75) is 25.8 Å². The van der Waals surface area contributed by atoms with Crippen LogP contribution in [0.4, 0.5) is 5.69 Å². The molecule has 2 heterocycles. The van der Waals surface area contributed by atoms with Crippen LogP contribution in [0.2, 0.25) is 0 Å². The Hall–Kier alpha value is -4.33. The van der Waals surface area contributed by atoms with Crippen LogP contribution >= 0.6 is 0 Å². The van der Waals surface area contributed by atoms with Crippen LogP contribution in [-0.2, 0) is 11.3 Å². The number of fused-ring (bicyclic) bond motifs is 2. The second-order valence-corrected chi connectivity index (χ2v) is 9.10. The Bertz CT molecular complexity index is 1490. The lowest BCUT2D eigenvalue weighted by molar-refractivity contribution is -0.116. The van der Waals surface area contributed by atoms with Crippen molar-refractivity contribution < 1.29 is 19.1 Å². The Labute approximate surface area is 214 Å². The van der Waals surface area contributed by atoms with Crippen LogP contribution in [0.5, 0.6) is 11.5 Å². The molecule has 0 radical (unpaired) electrons. The number of hydrogen-bond donors (Lipinski definition) is 1. The number of ether oxygens (including phenoxy) is 2. The summed E-state index contributed by atoms with van der Waals surface area (Å²) in [6.07, 6.45) is 3.00. The molecule has 1 fully saturated rings. The number of benzene rings is 3. The molecule has 1 saturated heterocycles. The van der Waals surface area contributed by atoms with E-state index in [9.17, 15) is 14.4 Å². The summed E-state index contributed by atoms with van der Waals surface area (Å²) in [5, 5.41) is 4.01. The van der Waals surface area contributed by atoms with Gasteiger partial charge in [0, 0.05) is 29.9 Å². The molecule has 190 valence electrons. The third kappa shape index (κ3) is 4.62. The minimum atomic E-state index is -0.334. The molecule has 1 aliphatic heterocycles. The molecule has 37 heavy (non-hydrogen) atoms. The molecule has 1 N–H and O–H groups in total. The fraction of sp³-hybridized carbons (Fsp3) is 0.276. The van der Waals surface area contributed by atoms with Gasteiger partial charge in [0.2, 0.25) is 5.91 Å². The normalized spacial score (nSPS) is 13.5. The van der Waals surface area contributed by atoms with Crippen LogP contribution in [0.1, 0.15) is 29.6 Å². The molecule has 1 aromatic heterocycles. The predicted octanol–water partition coefficient (Wildman–Crippen LogP) is 4.44. The summed E-state index contributed by atoms with van der Waals surface area (Å²) >= 11 is 0. The van der Waals surface area contributed by atoms with Crippen molar-refractivity contribution in [3.63, 3.8) is 0 Å². The van der Waals surface area contributed by atoms with Crippen molar-refractivity contribution in [3.8, 4) is 11.5 Å². The van der Waals surface area contributed by atoms with Crippen LogP contribution in [0.3, 0.4) is 0 Å². The first-order valence-corrected chi connectivity index (χ1v) is 12.4. The summed E-state index contributed by atoms with van der Waals surface area (Å²) < 4.78 is 12.7. The van der Waals surface area contributed by atoms with Crippen molar-refractivity contribution in [2.24, 2.45) is 0 Å². The second kappa shape index (κ2) is 10.3. The van der Waals surface area contributed by atoms with Crippen LogP contribution in [0.25, 0.3) is 21.8 Å². The second-order valence-electron chi connectivity index (χ2n) is 9.10. The highest BCUT2D eigenvalue weighted by molar-refractivity contribution is 6.05. The van der Waals surface area contributed by atoms with Crippen molar-refractivity contribution >= 4 is 39.3 Å². The lowest BCUT2D eigenvalue weighted by atomic mass is 10.1. The first-order valence-electron chi connectivity index (χ1n) is 12.4. The van der Waals surface area contributed by atoms with E-state index < -0.39 is 0 Å². The minimum Gasteiger partial charge on any atom is -0.493 e. The number of piperidine rings is 1. The standard InChI is InChI=1S/C29H29N3O5/c1-36-25-16-21(29(35)31-14-8-3-9-15-31)22(17-26(25)37-2)30-27(33)18-32-23-12-6-4-10-19(23)28(34)20-11-5-7-13-24(20)32/h4-7,10-13,16-17H,3,8-9,14-15,18H2,1-2H3,(H,30,33). The Kier molecular flexibility index (Phi) is 6.81. The summed E-state index contributed by atoms with van der Waals surface area (Å²) in [6, 6.07) is 17.7. The average Bonchev–Trinajstić information content (AvgIpc) is 2.95. The minimum absolute atomic E-state index is 0.0486. The molecule has 3 aromatic carbocycles. The van der Waals surface area contributed by atoms with E-state index in [2.05, 4.69) is 5.32 Å².